The molecule has 5 nitrogen and oxygen atoms in total. The van der Waals surface area contributed by atoms with Crippen LogP contribution in [-0.4, -0.2) is 19.7 Å². The van der Waals surface area contributed by atoms with E-state index in [1.165, 1.54) is 0 Å². The Morgan fingerprint density at radius 1 is 1.05 bits per heavy atom. The van der Waals surface area contributed by atoms with E-state index in [9.17, 15) is 0 Å². The van der Waals surface area contributed by atoms with E-state index in [1.54, 1.807) is 17.1 Å². The van der Waals surface area contributed by atoms with Gasteiger partial charge in [0.15, 0.2) is 5.58 Å². The monoisotopic (exact) mass is 276 g/mol. The van der Waals surface area contributed by atoms with Crippen molar-refractivity contribution in [1.29, 1.82) is 0 Å². The third kappa shape index (κ3) is 2.08. The standard InChI is InChI=1S/C16H12N4O/c1-20-10-13(9-18-20)11-4-5-15-14(7-11)19-16(21-15)12-3-2-6-17-8-12/h2-10H,1H3. The summed E-state index contributed by atoms with van der Waals surface area (Å²) < 4.78 is 7.56. The van der Waals surface area contributed by atoms with Crippen LogP contribution in [0.3, 0.4) is 0 Å². The lowest BCUT2D eigenvalue weighted by molar-refractivity contribution is 0.619. The molecule has 5 heteroatoms. The highest BCUT2D eigenvalue weighted by Gasteiger charge is 2.10. The summed E-state index contributed by atoms with van der Waals surface area (Å²) >= 11 is 0. The van der Waals surface area contributed by atoms with Crippen LogP contribution in [0.1, 0.15) is 0 Å². The second-order valence-electron chi connectivity index (χ2n) is 4.85. The first-order valence-electron chi connectivity index (χ1n) is 6.59. The van der Waals surface area contributed by atoms with Gasteiger partial charge < -0.3 is 4.42 Å². The van der Waals surface area contributed by atoms with Crippen molar-refractivity contribution in [2.45, 2.75) is 0 Å². The highest BCUT2D eigenvalue weighted by atomic mass is 16.3. The molecule has 0 spiro atoms. The van der Waals surface area contributed by atoms with Gasteiger partial charge in [0, 0.05) is 31.2 Å². The molecule has 3 heterocycles. The summed E-state index contributed by atoms with van der Waals surface area (Å²) in [6, 6.07) is 9.75. The molecule has 0 N–H and O–H groups in total. The fraction of sp³-hybridized carbons (Fsp3) is 0.0625. The molecule has 0 fully saturated rings. The summed E-state index contributed by atoms with van der Waals surface area (Å²) in [5, 5.41) is 4.19. The Morgan fingerprint density at radius 3 is 2.76 bits per heavy atom. The fourth-order valence-electron chi connectivity index (χ4n) is 2.29. The van der Waals surface area contributed by atoms with E-state index in [4.69, 9.17) is 4.42 Å². The summed E-state index contributed by atoms with van der Waals surface area (Å²) in [5.41, 5.74) is 4.60. The summed E-state index contributed by atoms with van der Waals surface area (Å²) in [7, 11) is 1.90. The van der Waals surface area contributed by atoms with Gasteiger partial charge in [0.25, 0.3) is 0 Å². The van der Waals surface area contributed by atoms with Gasteiger partial charge >= 0.3 is 0 Å². The summed E-state index contributed by atoms with van der Waals surface area (Å²) in [5.74, 6) is 0.585. The molecule has 0 aliphatic rings. The third-order valence-electron chi connectivity index (χ3n) is 3.33. The number of pyridine rings is 1. The minimum absolute atomic E-state index is 0.585. The largest absolute Gasteiger partial charge is 0.436 e. The molecule has 3 aromatic heterocycles. The Labute approximate surface area is 120 Å². The van der Waals surface area contributed by atoms with Gasteiger partial charge in [-0.05, 0) is 29.8 Å². The Bertz CT molecular complexity index is 908. The van der Waals surface area contributed by atoms with E-state index in [1.807, 2.05) is 49.8 Å². The molecule has 0 radical (unpaired) electrons. The number of oxazole rings is 1. The van der Waals surface area contributed by atoms with Gasteiger partial charge in [0.2, 0.25) is 5.89 Å². The average molecular weight is 276 g/mol. The molecule has 4 rings (SSSR count). The van der Waals surface area contributed by atoms with E-state index >= 15 is 0 Å². The van der Waals surface area contributed by atoms with Gasteiger partial charge in [-0.15, -0.1) is 0 Å². The molecule has 1 aromatic carbocycles. The zero-order valence-electron chi connectivity index (χ0n) is 11.4. The smallest absolute Gasteiger partial charge is 0.228 e. The first kappa shape index (κ1) is 11.8. The maximum atomic E-state index is 5.78. The molecule has 0 bridgehead atoms. The van der Waals surface area contributed by atoms with Crippen LogP contribution >= 0.6 is 0 Å². The van der Waals surface area contributed by atoms with Crippen LogP contribution in [0.15, 0.2) is 59.5 Å². The SMILES string of the molecule is Cn1cc(-c2ccc3oc(-c4cccnc4)nc3c2)cn1. The normalized spacial score (nSPS) is 11.1. The summed E-state index contributed by atoms with van der Waals surface area (Å²) in [6.45, 7) is 0. The minimum Gasteiger partial charge on any atom is -0.436 e. The second-order valence-corrected chi connectivity index (χ2v) is 4.85. The number of rotatable bonds is 2. The van der Waals surface area contributed by atoms with Gasteiger partial charge in [0.05, 0.1) is 11.8 Å². The zero-order valence-corrected chi connectivity index (χ0v) is 11.4. The number of aryl methyl sites for hydroxylation is 1. The molecular formula is C16H12N4O. The number of benzene rings is 1. The molecule has 4 aromatic rings. The molecule has 0 saturated carbocycles. The molecule has 0 aliphatic heterocycles. The van der Waals surface area contributed by atoms with Gasteiger partial charge in [-0.1, -0.05) is 6.07 Å². The molecule has 0 aliphatic carbocycles. The first-order valence-corrected chi connectivity index (χ1v) is 6.59. The van der Waals surface area contributed by atoms with Crippen molar-refractivity contribution in [2.24, 2.45) is 7.05 Å². The Hall–Kier alpha value is -2.95. The van der Waals surface area contributed by atoms with E-state index in [0.717, 1.165) is 27.8 Å². The maximum Gasteiger partial charge on any atom is 0.228 e. The van der Waals surface area contributed by atoms with Crippen LogP contribution in [0.2, 0.25) is 0 Å². The highest BCUT2D eigenvalue weighted by molar-refractivity contribution is 5.82. The average Bonchev–Trinajstić information content (AvgIpc) is 3.13. The van der Waals surface area contributed by atoms with Gasteiger partial charge in [-0.2, -0.15) is 5.10 Å². The first-order chi connectivity index (χ1) is 10.3. The Kier molecular flexibility index (Phi) is 2.57. The van der Waals surface area contributed by atoms with Crippen molar-refractivity contribution in [3.63, 3.8) is 0 Å². The lowest BCUT2D eigenvalue weighted by Gasteiger charge is -1.95. The molecule has 21 heavy (non-hydrogen) atoms. The van der Waals surface area contributed by atoms with Gasteiger partial charge in [-0.25, -0.2) is 4.98 Å². The Balaban J connectivity index is 1.82. The third-order valence-corrected chi connectivity index (χ3v) is 3.33. The van der Waals surface area contributed by atoms with Crippen LogP contribution in [0.5, 0.6) is 0 Å². The van der Waals surface area contributed by atoms with Crippen LogP contribution in [0.25, 0.3) is 33.7 Å². The summed E-state index contributed by atoms with van der Waals surface area (Å²) in [4.78, 5) is 8.63. The predicted molar refractivity (Wildman–Crippen MR) is 79.4 cm³/mol. The van der Waals surface area contributed by atoms with Crippen LogP contribution in [0, 0.1) is 0 Å². The highest BCUT2D eigenvalue weighted by Crippen LogP contribution is 2.27. The minimum atomic E-state index is 0.585. The van der Waals surface area contributed by atoms with Crippen molar-refractivity contribution in [3.8, 4) is 22.6 Å². The molecule has 0 saturated heterocycles. The van der Waals surface area contributed by atoms with Crippen LogP contribution in [-0.2, 0) is 7.05 Å². The number of fused-ring (bicyclic) bond motifs is 1. The topological polar surface area (TPSA) is 56.7 Å². The predicted octanol–water partition coefficient (Wildman–Crippen LogP) is 3.29. The van der Waals surface area contributed by atoms with E-state index < -0.39 is 0 Å². The number of hydrogen-bond donors (Lipinski definition) is 0. The van der Waals surface area contributed by atoms with Gasteiger partial charge in [-0.3, -0.25) is 9.67 Å². The Morgan fingerprint density at radius 2 is 2.00 bits per heavy atom. The number of aromatic nitrogens is 4. The molecule has 0 unspecified atom stereocenters. The zero-order chi connectivity index (χ0) is 14.2. The van der Waals surface area contributed by atoms with Crippen molar-refractivity contribution < 1.29 is 4.42 Å². The van der Waals surface area contributed by atoms with Crippen LogP contribution < -0.4 is 0 Å². The van der Waals surface area contributed by atoms with Crippen molar-refractivity contribution in [3.05, 3.63) is 55.1 Å². The van der Waals surface area contributed by atoms with Crippen molar-refractivity contribution in [1.82, 2.24) is 19.7 Å². The maximum absolute atomic E-state index is 5.78. The number of nitrogens with zero attached hydrogens (tertiary/aromatic N) is 4. The van der Waals surface area contributed by atoms with E-state index in [2.05, 4.69) is 15.1 Å². The van der Waals surface area contributed by atoms with E-state index in [0.29, 0.717) is 5.89 Å². The van der Waals surface area contributed by atoms with Gasteiger partial charge in [0.1, 0.15) is 5.52 Å². The molecule has 0 atom stereocenters. The fourth-order valence-corrected chi connectivity index (χ4v) is 2.29. The molecular weight excluding hydrogens is 264 g/mol. The lowest BCUT2D eigenvalue weighted by Crippen LogP contribution is -1.84. The van der Waals surface area contributed by atoms with Crippen molar-refractivity contribution in [2.75, 3.05) is 0 Å². The second kappa shape index (κ2) is 4.56. The lowest BCUT2D eigenvalue weighted by atomic mass is 10.1. The molecule has 0 amide bonds. The van der Waals surface area contributed by atoms with Crippen LogP contribution in [0.4, 0.5) is 0 Å². The quantitative estimate of drug-likeness (QED) is 0.563. The number of hydrogen-bond acceptors (Lipinski definition) is 4. The summed E-state index contributed by atoms with van der Waals surface area (Å²) in [6.07, 6.45) is 7.28. The van der Waals surface area contributed by atoms with Crippen molar-refractivity contribution >= 4 is 11.1 Å². The molecule has 102 valence electrons. The van der Waals surface area contributed by atoms with E-state index in [-0.39, 0.29) is 0 Å².